The second-order valence-electron chi connectivity index (χ2n) is 8.15. The smallest absolute Gasteiger partial charge is 0.191 e. The van der Waals surface area contributed by atoms with Gasteiger partial charge in [-0.2, -0.15) is 0 Å². The zero-order chi connectivity index (χ0) is 21.3. The van der Waals surface area contributed by atoms with E-state index in [4.69, 9.17) is 9.47 Å². The molecule has 0 aliphatic carbocycles. The van der Waals surface area contributed by atoms with E-state index >= 15 is 0 Å². The zero-order valence-electron chi connectivity index (χ0n) is 18.5. The Kier molecular flexibility index (Phi) is 8.51. The van der Waals surface area contributed by atoms with Gasteiger partial charge >= 0.3 is 0 Å². The van der Waals surface area contributed by atoms with Crippen molar-refractivity contribution in [3.63, 3.8) is 0 Å². The molecule has 1 aromatic heterocycles. The molecule has 1 aliphatic heterocycles. The van der Waals surface area contributed by atoms with E-state index in [-0.39, 0.29) is 6.10 Å². The first-order valence-corrected chi connectivity index (χ1v) is 11.6. The Balaban J connectivity index is 1.52. The lowest BCUT2D eigenvalue weighted by Crippen LogP contribution is -2.36. The second kappa shape index (κ2) is 11.3. The molecule has 2 aromatic rings. The first-order valence-electron chi connectivity index (χ1n) is 10.8. The summed E-state index contributed by atoms with van der Waals surface area (Å²) in [6, 6.07) is 6.32. The van der Waals surface area contributed by atoms with Crippen LogP contribution < -0.4 is 15.4 Å². The van der Waals surface area contributed by atoms with Crippen LogP contribution in [0.25, 0.3) is 0 Å². The first-order chi connectivity index (χ1) is 14.5. The van der Waals surface area contributed by atoms with Gasteiger partial charge in [0.2, 0.25) is 0 Å². The highest BCUT2D eigenvalue weighted by Gasteiger charge is 2.17. The molecule has 30 heavy (non-hydrogen) atoms. The molecule has 6 nitrogen and oxygen atoms in total. The van der Waals surface area contributed by atoms with Gasteiger partial charge in [-0.05, 0) is 37.3 Å². The fourth-order valence-electron chi connectivity index (χ4n) is 3.34. The van der Waals surface area contributed by atoms with Crippen molar-refractivity contribution in [3.05, 3.63) is 45.4 Å². The SMILES string of the molecule is CN=C(NCc1cnc(CC(C)C)s1)NCc1ccc(C)cc1OCC1CCCO1. The van der Waals surface area contributed by atoms with E-state index in [0.29, 0.717) is 25.6 Å². The molecule has 0 amide bonds. The largest absolute Gasteiger partial charge is 0.491 e. The number of aryl methyl sites for hydroxylation is 1. The highest BCUT2D eigenvalue weighted by molar-refractivity contribution is 7.11. The number of aromatic nitrogens is 1. The standard InChI is InChI=1S/C23H34N4O2S/c1-16(2)10-22-25-13-20(30-22)14-27-23(24-4)26-12-18-8-7-17(3)11-21(18)29-15-19-6-5-9-28-19/h7-8,11,13,16,19H,5-6,9-10,12,14-15H2,1-4H3,(H2,24,26,27). The third-order valence-corrected chi connectivity index (χ3v) is 5.98. The molecule has 1 aliphatic rings. The minimum Gasteiger partial charge on any atom is -0.491 e. The van der Waals surface area contributed by atoms with Crippen LogP contribution in [0.4, 0.5) is 0 Å². The summed E-state index contributed by atoms with van der Waals surface area (Å²) in [5, 5.41) is 7.97. The van der Waals surface area contributed by atoms with Crippen LogP contribution in [0.15, 0.2) is 29.4 Å². The van der Waals surface area contributed by atoms with Gasteiger partial charge in [0.1, 0.15) is 12.4 Å². The molecule has 0 bridgehead atoms. The molecule has 1 unspecified atom stereocenters. The Morgan fingerprint density at radius 3 is 2.90 bits per heavy atom. The number of rotatable bonds is 9. The van der Waals surface area contributed by atoms with Gasteiger partial charge in [-0.25, -0.2) is 4.98 Å². The van der Waals surface area contributed by atoms with Gasteiger partial charge in [-0.3, -0.25) is 4.99 Å². The Morgan fingerprint density at radius 2 is 2.17 bits per heavy atom. The number of guanidine groups is 1. The summed E-state index contributed by atoms with van der Waals surface area (Å²) in [5.41, 5.74) is 2.30. The van der Waals surface area contributed by atoms with Gasteiger partial charge in [0.25, 0.3) is 0 Å². The lowest BCUT2D eigenvalue weighted by atomic mass is 10.1. The number of hydrogen-bond donors (Lipinski definition) is 2. The van der Waals surface area contributed by atoms with Crippen LogP contribution >= 0.6 is 11.3 Å². The lowest BCUT2D eigenvalue weighted by Gasteiger charge is -2.17. The Hall–Kier alpha value is -2.12. The molecule has 1 fully saturated rings. The predicted molar refractivity (Wildman–Crippen MR) is 123 cm³/mol. The van der Waals surface area contributed by atoms with Crippen LogP contribution in [0.2, 0.25) is 0 Å². The van der Waals surface area contributed by atoms with Crippen molar-refractivity contribution in [3.8, 4) is 5.75 Å². The van der Waals surface area contributed by atoms with E-state index in [0.717, 1.165) is 43.1 Å². The molecular weight excluding hydrogens is 396 g/mol. The van der Waals surface area contributed by atoms with Gasteiger partial charge < -0.3 is 20.1 Å². The van der Waals surface area contributed by atoms with Gasteiger partial charge in [0.15, 0.2) is 5.96 Å². The molecule has 2 N–H and O–H groups in total. The van der Waals surface area contributed by atoms with E-state index in [9.17, 15) is 0 Å². The maximum Gasteiger partial charge on any atom is 0.191 e. The second-order valence-corrected chi connectivity index (χ2v) is 9.35. The quantitative estimate of drug-likeness (QED) is 0.464. The highest BCUT2D eigenvalue weighted by Crippen LogP contribution is 2.22. The van der Waals surface area contributed by atoms with Crippen molar-refractivity contribution in [1.29, 1.82) is 0 Å². The van der Waals surface area contributed by atoms with E-state index < -0.39 is 0 Å². The minimum atomic E-state index is 0.209. The highest BCUT2D eigenvalue weighted by atomic mass is 32.1. The summed E-state index contributed by atoms with van der Waals surface area (Å²) >= 11 is 1.76. The molecule has 2 heterocycles. The minimum absolute atomic E-state index is 0.209. The first kappa shape index (κ1) is 22.6. The van der Waals surface area contributed by atoms with Crippen molar-refractivity contribution in [2.75, 3.05) is 20.3 Å². The monoisotopic (exact) mass is 430 g/mol. The van der Waals surface area contributed by atoms with E-state index in [1.165, 1.54) is 15.4 Å². The third kappa shape index (κ3) is 6.99. The van der Waals surface area contributed by atoms with Crippen LogP contribution in [0.5, 0.6) is 5.75 Å². The summed E-state index contributed by atoms with van der Waals surface area (Å²) in [4.78, 5) is 10.1. The molecule has 1 saturated heterocycles. The number of aliphatic imine (C=N–C) groups is 1. The van der Waals surface area contributed by atoms with Crippen molar-refractivity contribution < 1.29 is 9.47 Å². The van der Waals surface area contributed by atoms with Crippen molar-refractivity contribution in [2.45, 2.75) is 59.2 Å². The van der Waals surface area contributed by atoms with E-state index in [1.807, 2.05) is 6.20 Å². The zero-order valence-corrected chi connectivity index (χ0v) is 19.3. The summed E-state index contributed by atoms with van der Waals surface area (Å²) in [6.45, 7) is 9.32. The van der Waals surface area contributed by atoms with Crippen LogP contribution in [0.3, 0.4) is 0 Å². The van der Waals surface area contributed by atoms with Crippen LogP contribution in [-0.4, -0.2) is 37.3 Å². The fraction of sp³-hybridized carbons (Fsp3) is 0.565. The number of ether oxygens (including phenoxy) is 2. The molecule has 3 rings (SSSR count). The van der Waals surface area contributed by atoms with Gasteiger partial charge in [0, 0.05) is 43.3 Å². The lowest BCUT2D eigenvalue weighted by molar-refractivity contribution is 0.0676. The number of hydrogen-bond acceptors (Lipinski definition) is 5. The molecule has 0 spiro atoms. The predicted octanol–water partition coefficient (Wildman–Crippen LogP) is 4.07. The molecule has 1 aromatic carbocycles. The maximum absolute atomic E-state index is 6.10. The fourth-order valence-corrected chi connectivity index (χ4v) is 4.42. The summed E-state index contributed by atoms with van der Waals surface area (Å²) in [5.74, 6) is 2.30. The molecule has 0 saturated carbocycles. The van der Waals surface area contributed by atoms with Crippen molar-refractivity contribution in [1.82, 2.24) is 15.6 Å². The Bertz CT molecular complexity index is 828. The van der Waals surface area contributed by atoms with Gasteiger partial charge in [0.05, 0.1) is 17.7 Å². The molecule has 164 valence electrons. The van der Waals surface area contributed by atoms with Crippen molar-refractivity contribution >= 4 is 17.3 Å². The van der Waals surface area contributed by atoms with Crippen molar-refractivity contribution in [2.24, 2.45) is 10.9 Å². The average Bonchev–Trinajstić information content (AvgIpc) is 3.39. The molecule has 0 radical (unpaired) electrons. The molecular formula is C23H34N4O2S. The Morgan fingerprint density at radius 1 is 1.33 bits per heavy atom. The molecule has 1 atom stereocenters. The van der Waals surface area contributed by atoms with Gasteiger partial charge in [-0.15, -0.1) is 11.3 Å². The molecule has 7 heteroatoms. The number of nitrogens with one attached hydrogen (secondary N) is 2. The topological polar surface area (TPSA) is 67.8 Å². The van der Waals surface area contributed by atoms with Crippen LogP contribution in [0.1, 0.15) is 47.7 Å². The summed E-state index contributed by atoms with van der Waals surface area (Å²) < 4.78 is 11.8. The van der Waals surface area contributed by atoms with E-state index in [2.05, 4.69) is 59.6 Å². The van der Waals surface area contributed by atoms with Crippen LogP contribution in [0, 0.1) is 12.8 Å². The summed E-state index contributed by atoms with van der Waals surface area (Å²) in [7, 11) is 1.79. The number of benzene rings is 1. The van der Waals surface area contributed by atoms with E-state index in [1.54, 1.807) is 18.4 Å². The normalized spacial score (nSPS) is 16.8. The third-order valence-electron chi connectivity index (χ3n) is 4.96. The number of nitrogens with zero attached hydrogens (tertiary/aromatic N) is 2. The summed E-state index contributed by atoms with van der Waals surface area (Å²) in [6.07, 6.45) is 5.39. The maximum atomic E-state index is 6.10. The average molecular weight is 431 g/mol. The number of thiazole rings is 1. The van der Waals surface area contributed by atoms with Gasteiger partial charge in [-0.1, -0.05) is 26.0 Å². The van der Waals surface area contributed by atoms with Crippen LogP contribution in [-0.2, 0) is 24.2 Å². The Labute approximate surface area is 184 Å².